The molecule has 0 aliphatic rings. The molecule has 2 aromatic rings. The lowest BCUT2D eigenvalue weighted by Gasteiger charge is -1.89. The molecule has 1 N–H and O–H groups in total. The zero-order valence-electron chi connectivity index (χ0n) is 9.25. The molecule has 0 amide bonds. The first-order chi connectivity index (χ1) is 8.60. The fraction of sp³-hybridized carbons (Fsp3) is 0.100. The van der Waals surface area contributed by atoms with Crippen molar-refractivity contribution in [3.8, 4) is 6.07 Å². The van der Waals surface area contributed by atoms with Gasteiger partial charge in [-0.2, -0.15) is 10.4 Å². The minimum absolute atomic E-state index is 0.156. The van der Waals surface area contributed by atoms with Gasteiger partial charge in [0.25, 0.3) is 0 Å². The van der Waals surface area contributed by atoms with Gasteiger partial charge in [0.2, 0.25) is 0 Å². The maximum absolute atomic E-state index is 10.4. The van der Waals surface area contributed by atoms with Gasteiger partial charge in [0.1, 0.15) is 28.2 Å². The highest BCUT2D eigenvalue weighted by atomic mass is 16.6. The molecule has 8 heteroatoms. The fourth-order valence-corrected chi connectivity index (χ4v) is 1.27. The first-order valence-electron chi connectivity index (χ1n) is 4.85. The average molecular weight is 245 g/mol. The van der Waals surface area contributed by atoms with Crippen molar-refractivity contribution < 1.29 is 9.34 Å². The number of furan rings is 1. The van der Waals surface area contributed by atoms with Crippen molar-refractivity contribution in [1.29, 1.82) is 5.26 Å². The van der Waals surface area contributed by atoms with Crippen LogP contribution in [0.2, 0.25) is 0 Å². The SMILES string of the molecule is Cc1nc(/C(C#N)=C\c2ccc([N+](=O)[O-])o2)n[nH]1. The van der Waals surface area contributed by atoms with Crippen molar-refractivity contribution >= 4 is 17.5 Å². The molecule has 2 aromatic heterocycles. The molecule has 0 saturated heterocycles. The smallest absolute Gasteiger partial charge is 0.401 e. The van der Waals surface area contributed by atoms with Crippen LogP contribution < -0.4 is 0 Å². The highest BCUT2D eigenvalue weighted by Gasteiger charge is 2.13. The summed E-state index contributed by atoms with van der Waals surface area (Å²) in [5, 5.41) is 25.8. The number of aromatic amines is 1. The molecule has 0 spiro atoms. The molecule has 0 aliphatic heterocycles. The van der Waals surface area contributed by atoms with Crippen molar-refractivity contribution in [2.24, 2.45) is 0 Å². The summed E-state index contributed by atoms with van der Waals surface area (Å²) in [6, 6.07) is 4.52. The third-order valence-electron chi connectivity index (χ3n) is 2.04. The Bertz CT molecular complexity index is 661. The van der Waals surface area contributed by atoms with Crippen LogP contribution in [0.25, 0.3) is 11.6 Å². The molecule has 18 heavy (non-hydrogen) atoms. The van der Waals surface area contributed by atoms with Gasteiger partial charge in [-0.1, -0.05) is 0 Å². The van der Waals surface area contributed by atoms with E-state index < -0.39 is 4.92 Å². The van der Waals surface area contributed by atoms with Crippen LogP contribution in [-0.4, -0.2) is 20.1 Å². The van der Waals surface area contributed by atoms with Gasteiger partial charge in [-0.25, -0.2) is 4.98 Å². The number of aryl methyl sites for hydroxylation is 1. The van der Waals surface area contributed by atoms with Crippen LogP contribution >= 0.6 is 0 Å². The molecule has 2 heterocycles. The summed E-state index contributed by atoms with van der Waals surface area (Å²) in [7, 11) is 0. The van der Waals surface area contributed by atoms with Crippen molar-refractivity contribution in [2.45, 2.75) is 6.92 Å². The molecule has 0 atom stereocenters. The maximum Gasteiger partial charge on any atom is 0.433 e. The number of allylic oxidation sites excluding steroid dienone is 1. The molecule has 0 aliphatic carbocycles. The number of hydrogen-bond acceptors (Lipinski definition) is 6. The van der Waals surface area contributed by atoms with E-state index in [1.165, 1.54) is 18.2 Å². The third-order valence-corrected chi connectivity index (χ3v) is 2.04. The summed E-state index contributed by atoms with van der Waals surface area (Å²) in [5.41, 5.74) is 0.156. The van der Waals surface area contributed by atoms with E-state index in [1.807, 2.05) is 6.07 Å². The summed E-state index contributed by atoms with van der Waals surface area (Å²) in [6.07, 6.45) is 1.34. The van der Waals surface area contributed by atoms with E-state index >= 15 is 0 Å². The fourth-order valence-electron chi connectivity index (χ4n) is 1.27. The van der Waals surface area contributed by atoms with Crippen LogP contribution in [0.4, 0.5) is 5.88 Å². The minimum Gasteiger partial charge on any atom is -0.401 e. The number of nitro groups is 1. The largest absolute Gasteiger partial charge is 0.433 e. The Morgan fingerprint density at radius 1 is 1.67 bits per heavy atom. The monoisotopic (exact) mass is 245 g/mol. The van der Waals surface area contributed by atoms with E-state index in [-0.39, 0.29) is 23.0 Å². The molecular formula is C10H7N5O3. The topological polar surface area (TPSA) is 122 Å². The van der Waals surface area contributed by atoms with E-state index in [1.54, 1.807) is 6.92 Å². The first-order valence-corrected chi connectivity index (χ1v) is 4.85. The van der Waals surface area contributed by atoms with E-state index in [2.05, 4.69) is 15.2 Å². The van der Waals surface area contributed by atoms with Gasteiger partial charge in [-0.05, 0) is 13.0 Å². The van der Waals surface area contributed by atoms with Gasteiger partial charge in [0, 0.05) is 6.08 Å². The maximum atomic E-state index is 10.4. The normalized spacial score (nSPS) is 11.2. The quantitative estimate of drug-likeness (QED) is 0.498. The van der Waals surface area contributed by atoms with Crippen LogP contribution in [0.1, 0.15) is 17.4 Å². The molecule has 90 valence electrons. The summed E-state index contributed by atoms with van der Waals surface area (Å²) < 4.78 is 4.91. The van der Waals surface area contributed by atoms with Crippen molar-refractivity contribution in [3.63, 3.8) is 0 Å². The average Bonchev–Trinajstić information content (AvgIpc) is 2.94. The van der Waals surface area contributed by atoms with Gasteiger partial charge in [-0.15, -0.1) is 0 Å². The predicted octanol–water partition coefficient (Wildman–Crippen LogP) is 1.68. The zero-order valence-corrected chi connectivity index (χ0v) is 9.25. The number of nitrogens with one attached hydrogen (secondary N) is 1. The highest BCUT2D eigenvalue weighted by Crippen LogP contribution is 2.20. The number of rotatable bonds is 3. The van der Waals surface area contributed by atoms with Crippen LogP contribution in [0.3, 0.4) is 0 Å². The Morgan fingerprint density at radius 3 is 2.94 bits per heavy atom. The van der Waals surface area contributed by atoms with E-state index in [4.69, 9.17) is 9.68 Å². The molecule has 0 unspecified atom stereocenters. The summed E-state index contributed by atoms with van der Waals surface area (Å²) in [6.45, 7) is 1.70. The third kappa shape index (κ3) is 2.25. The van der Waals surface area contributed by atoms with Crippen LogP contribution in [-0.2, 0) is 0 Å². The Labute approximate surface area is 101 Å². The Morgan fingerprint density at radius 2 is 2.44 bits per heavy atom. The second kappa shape index (κ2) is 4.50. The molecule has 0 fully saturated rings. The zero-order chi connectivity index (χ0) is 13.1. The van der Waals surface area contributed by atoms with Crippen LogP contribution in [0, 0.1) is 28.4 Å². The lowest BCUT2D eigenvalue weighted by molar-refractivity contribution is -0.402. The van der Waals surface area contributed by atoms with E-state index in [9.17, 15) is 10.1 Å². The molecule has 0 radical (unpaired) electrons. The number of nitriles is 1. The second-order valence-corrected chi connectivity index (χ2v) is 3.35. The molecular weight excluding hydrogens is 238 g/mol. The molecule has 2 rings (SSSR count). The lowest BCUT2D eigenvalue weighted by atomic mass is 10.2. The number of aromatic nitrogens is 3. The standard InChI is InChI=1S/C10H7N5O3/c1-6-12-10(14-13-6)7(5-11)4-8-2-3-9(18-8)15(16)17/h2-4H,1H3,(H,12,13,14)/b7-4-. The first kappa shape index (κ1) is 11.5. The van der Waals surface area contributed by atoms with E-state index in [0.29, 0.717) is 5.82 Å². The minimum atomic E-state index is -0.652. The number of nitrogens with zero attached hydrogens (tertiary/aromatic N) is 4. The highest BCUT2D eigenvalue weighted by molar-refractivity contribution is 5.85. The molecule has 8 nitrogen and oxygen atoms in total. The van der Waals surface area contributed by atoms with Crippen molar-refractivity contribution in [3.05, 3.63) is 39.7 Å². The van der Waals surface area contributed by atoms with Crippen LogP contribution in [0.5, 0.6) is 0 Å². The number of H-pyrrole nitrogens is 1. The Balaban J connectivity index is 2.35. The second-order valence-electron chi connectivity index (χ2n) is 3.35. The summed E-state index contributed by atoms with van der Waals surface area (Å²) in [5.74, 6) is 0.594. The lowest BCUT2D eigenvalue weighted by Crippen LogP contribution is -1.85. The molecule has 0 bridgehead atoms. The predicted molar refractivity (Wildman–Crippen MR) is 60.0 cm³/mol. The van der Waals surface area contributed by atoms with Crippen LogP contribution in [0.15, 0.2) is 16.5 Å². The van der Waals surface area contributed by atoms with Gasteiger partial charge in [0.05, 0.1) is 6.07 Å². The van der Waals surface area contributed by atoms with Crippen molar-refractivity contribution in [1.82, 2.24) is 15.2 Å². The van der Waals surface area contributed by atoms with Gasteiger partial charge >= 0.3 is 5.88 Å². The van der Waals surface area contributed by atoms with Gasteiger partial charge < -0.3 is 4.42 Å². The Hall–Kier alpha value is -2.95. The van der Waals surface area contributed by atoms with Crippen molar-refractivity contribution in [2.75, 3.05) is 0 Å². The van der Waals surface area contributed by atoms with E-state index in [0.717, 1.165) is 0 Å². The van der Waals surface area contributed by atoms with Gasteiger partial charge in [-0.3, -0.25) is 15.2 Å². The summed E-state index contributed by atoms with van der Waals surface area (Å²) >= 11 is 0. The van der Waals surface area contributed by atoms with Gasteiger partial charge in [0.15, 0.2) is 5.82 Å². The molecule has 0 aromatic carbocycles. The Kier molecular flexibility index (Phi) is 2.89. The summed E-state index contributed by atoms with van der Waals surface area (Å²) in [4.78, 5) is 13.8. The number of hydrogen-bond donors (Lipinski definition) is 1. The molecule has 0 saturated carbocycles.